The van der Waals surface area contributed by atoms with Crippen LogP contribution >= 0.6 is 0 Å². The van der Waals surface area contributed by atoms with Crippen molar-refractivity contribution in [3.63, 3.8) is 0 Å². The molecule has 2 aromatic carbocycles. The maximum atomic E-state index is 12.2. The van der Waals surface area contributed by atoms with Crippen molar-refractivity contribution in [3.8, 4) is 5.75 Å². The van der Waals surface area contributed by atoms with Crippen LogP contribution in [0.5, 0.6) is 5.75 Å². The molecular weight excluding hydrogens is 292 g/mol. The van der Waals surface area contributed by atoms with Gasteiger partial charge < -0.3 is 14.5 Å². The third-order valence-electron chi connectivity index (χ3n) is 4.16. The molecule has 0 atom stereocenters. The summed E-state index contributed by atoms with van der Waals surface area (Å²) in [6, 6.07) is 13.8. The number of benzene rings is 2. The van der Waals surface area contributed by atoms with Crippen molar-refractivity contribution in [3.05, 3.63) is 42.5 Å². The zero-order valence-electron chi connectivity index (χ0n) is 13.2. The zero-order valence-corrected chi connectivity index (χ0v) is 13.2. The minimum absolute atomic E-state index is 0.0262. The van der Waals surface area contributed by atoms with Crippen LogP contribution in [0.1, 0.15) is 6.92 Å². The number of rotatable bonds is 3. The van der Waals surface area contributed by atoms with E-state index >= 15 is 0 Å². The standard InChI is InChI=1S/C18H20N2O3/c1-14(21)19-8-10-20(11-9-19)18(22)13-23-17-7-6-15-4-2-3-5-16(15)12-17/h2-7,12H,8-11,13H2,1H3. The van der Waals surface area contributed by atoms with Gasteiger partial charge in [-0.1, -0.05) is 30.3 Å². The van der Waals surface area contributed by atoms with E-state index in [1.54, 1.807) is 16.7 Å². The summed E-state index contributed by atoms with van der Waals surface area (Å²) in [4.78, 5) is 27.0. The van der Waals surface area contributed by atoms with Crippen LogP contribution in [0.4, 0.5) is 0 Å². The normalized spacial score (nSPS) is 14.8. The van der Waals surface area contributed by atoms with Crippen molar-refractivity contribution in [2.24, 2.45) is 0 Å². The number of fused-ring (bicyclic) bond motifs is 1. The number of nitrogens with zero attached hydrogens (tertiary/aromatic N) is 2. The third kappa shape index (κ3) is 3.62. The quantitative estimate of drug-likeness (QED) is 0.870. The summed E-state index contributed by atoms with van der Waals surface area (Å²) in [6.45, 7) is 3.91. The Labute approximate surface area is 135 Å². The molecule has 0 N–H and O–H groups in total. The lowest BCUT2D eigenvalue weighted by Gasteiger charge is -2.34. The number of amides is 2. The first-order chi connectivity index (χ1) is 11.1. The lowest BCUT2D eigenvalue weighted by Crippen LogP contribution is -2.51. The van der Waals surface area contributed by atoms with Gasteiger partial charge in [0.15, 0.2) is 6.61 Å². The molecular formula is C18H20N2O3. The molecule has 1 fully saturated rings. The number of carbonyl (C=O) groups is 2. The smallest absolute Gasteiger partial charge is 0.260 e. The molecule has 2 amide bonds. The van der Waals surface area contributed by atoms with Gasteiger partial charge in [-0.15, -0.1) is 0 Å². The summed E-state index contributed by atoms with van der Waals surface area (Å²) in [7, 11) is 0. The molecule has 1 aliphatic rings. The second-order valence-corrected chi connectivity index (χ2v) is 5.68. The summed E-state index contributed by atoms with van der Waals surface area (Å²) in [6.07, 6.45) is 0. The van der Waals surface area contributed by atoms with E-state index in [1.807, 2.05) is 42.5 Å². The molecule has 23 heavy (non-hydrogen) atoms. The molecule has 0 saturated carbocycles. The number of carbonyl (C=O) groups excluding carboxylic acids is 2. The van der Waals surface area contributed by atoms with Gasteiger partial charge in [0.2, 0.25) is 5.91 Å². The van der Waals surface area contributed by atoms with Crippen molar-refractivity contribution < 1.29 is 14.3 Å². The largest absolute Gasteiger partial charge is 0.484 e. The molecule has 0 aliphatic carbocycles. The van der Waals surface area contributed by atoms with E-state index in [-0.39, 0.29) is 18.4 Å². The maximum Gasteiger partial charge on any atom is 0.260 e. The molecule has 0 radical (unpaired) electrons. The van der Waals surface area contributed by atoms with Gasteiger partial charge in [0.05, 0.1) is 0 Å². The number of ether oxygens (including phenoxy) is 1. The van der Waals surface area contributed by atoms with Gasteiger partial charge in [0, 0.05) is 33.1 Å². The van der Waals surface area contributed by atoms with Gasteiger partial charge in [0.1, 0.15) is 5.75 Å². The number of hydrogen-bond acceptors (Lipinski definition) is 3. The van der Waals surface area contributed by atoms with Gasteiger partial charge in [-0.05, 0) is 22.9 Å². The number of piperazine rings is 1. The molecule has 0 aromatic heterocycles. The summed E-state index contributed by atoms with van der Waals surface area (Å²) in [5.74, 6) is 0.713. The predicted octanol–water partition coefficient (Wildman–Crippen LogP) is 1.91. The van der Waals surface area contributed by atoms with Crippen LogP contribution in [-0.4, -0.2) is 54.4 Å². The molecule has 1 saturated heterocycles. The van der Waals surface area contributed by atoms with Gasteiger partial charge in [0.25, 0.3) is 5.91 Å². The summed E-state index contributed by atoms with van der Waals surface area (Å²) >= 11 is 0. The molecule has 5 nitrogen and oxygen atoms in total. The topological polar surface area (TPSA) is 49.9 Å². The van der Waals surface area contributed by atoms with E-state index < -0.39 is 0 Å². The fourth-order valence-electron chi connectivity index (χ4n) is 2.76. The van der Waals surface area contributed by atoms with E-state index in [2.05, 4.69) is 0 Å². The van der Waals surface area contributed by atoms with Crippen molar-refractivity contribution >= 4 is 22.6 Å². The van der Waals surface area contributed by atoms with Crippen molar-refractivity contribution in [2.75, 3.05) is 32.8 Å². The minimum Gasteiger partial charge on any atom is -0.484 e. The van der Waals surface area contributed by atoms with Crippen LogP contribution in [0.3, 0.4) is 0 Å². The molecule has 1 aliphatic heterocycles. The van der Waals surface area contributed by atoms with Crippen LogP contribution in [0.25, 0.3) is 10.8 Å². The van der Waals surface area contributed by atoms with Crippen molar-refractivity contribution in [1.82, 2.24) is 9.80 Å². The average Bonchev–Trinajstić information content (AvgIpc) is 2.59. The summed E-state index contributed by atoms with van der Waals surface area (Å²) in [5, 5.41) is 2.24. The second kappa shape index (κ2) is 6.69. The fraction of sp³-hybridized carbons (Fsp3) is 0.333. The minimum atomic E-state index is -0.0404. The van der Waals surface area contributed by atoms with Gasteiger partial charge in [-0.2, -0.15) is 0 Å². The maximum absolute atomic E-state index is 12.2. The zero-order chi connectivity index (χ0) is 16.2. The first-order valence-corrected chi connectivity index (χ1v) is 7.78. The van der Waals surface area contributed by atoms with Gasteiger partial charge in [-0.25, -0.2) is 0 Å². The van der Waals surface area contributed by atoms with Gasteiger partial charge >= 0.3 is 0 Å². The van der Waals surface area contributed by atoms with E-state index in [0.29, 0.717) is 31.9 Å². The lowest BCUT2D eigenvalue weighted by atomic mass is 10.1. The first-order valence-electron chi connectivity index (χ1n) is 7.78. The number of hydrogen-bond donors (Lipinski definition) is 0. The van der Waals surface area contributed by atoms with Crippen LogP contribution in [0, 0.1) is 0 Å². The van der Waals surface area contributed by atoms with Crippen LogP contribution in [0.15, 0.2) is 42.5 Å². The third-order valence-corrected chi connectivity index (χ3v) is 4.16. The molecule has 5 heteroatoms. The second-order valence-electron chi connectivity index (χ2n) is 5.68. The molecule has 2 aromatic rings. The summed E-state index contributed by atoms with van der Waals surface area (Å²) < 4.78 is 5.63. The Morgan fingerprint density at radius 3 is 2.30 bits per heavy atom. The average molecular weight is 312 g/mol. The Balaban J connectivity index is 1.55. The Morgan fingerprint density at radius 2 is 1.61 bits per heavy atom. The van der Waals surface area contributed by atoms with E-state index in [9.17, 15) is 9.59 Å². The Morgan fingerprint density at radius 1 is 0.957 bits per heavy atom. The Kier molecular flexibility index (Phi) is 4.46. The van der Waals surface area contributed by atoms with Crippen molar-refractivity contribution in [2.45, 2.75) is 6.92 Å². The molecule has 0 spiro atoms. The molecule has 120 valence electrons. The Bertz CT molecular complexity index is 721. The lowest BCUT2D eigenvalue weighted by molar-refractivity contribution is -0.139. The molecule has 0 bridgehead atoms. The van der Waals surface area contributed by atoms with Crippen molar-refractivity contribution in [1.29, 1.82) is 0 Å². The van der Waals surface area contributed by atoms with Crippen LogP contribution in [0.2, 0.25) is 0 Å². The highest BCUT2D eigenvalue weighted by molar-refractivity contribution is 5.84. The fourth-order valence-corrected chi connectivity index (χ4v) is 2.76. The molecule has 1 heterocycles. The predicted molar refractivity (Wildman–Crippen MR) is 88.3 cm³/mol. The monoisotopic (exact) mass is 312 g/mol. The SMILES string of the molecule is CC(=O)N1CCN(C(=O)COc2ccc3ccccc3c2)CC1. The van der Waals surface area contributed by atoms with E-state index in [0.717, 1.165) is 10.8 Å². The van der Waals surface area contributed by atoms with Gasteiger partial charge in [-0.3, -0.25) is 9.59 Å². The highest BCUT2D eigenvalue weighted by Gasteiger charge is 2.22. The Hall–Kier alpha value is -2.56. The molecule has 3 rings (SSSR count). The molecule has 0 unspecified atom stereocenters. The van der Waals surface area contributed by atoms with E-state index in [4.69, 9.17) is 4.74 Å². The summed E-state index contributed by atoms with van der Waals surface area (Å²) in [5.41, 5.74) is 0. The van der Waals surface area contributed by atoms with E-state index in [1.165, 1.54) is 0 Å². The highest BCUT2D eigenvalue weighted by atomic mass is 16.5. The highest BCUT2D eigenvalue weighted by Crippen LogP contribution is 2.20. The van der Waals surface area contributed by atoms with Crippen LogP contribution < -0.4 is 4.74 Å². The van der Waals surface area contributed by atoms with Crippen LogP contribution in [-0.2, 0) is 9.59 Å². The first kappa shape index (κ1) is 15.3.